The van der Waals surface area contributed by atoms with Crippen LogP contribution in [0.2, 0.25) is 0 Å². The molecule has 1 saturated heterocycles. The SMILES string of the molecule is O[C@H](/C=C/[C@@H]1[C@H]2C/C(=C/COCCN3CCCCC3)C[C@H]2C[C@H]1O)C1CCCC1. The third-order valence-corrected chi connectivity index (χ3v) is 8.01. The van der Waals surface area contributed by atoms with E-state index >= 15 is 0 Å². The third-order valence-electron chi connectivity index (χ3n) is 8.01. The van der Waals surface area contributed by atoms with E-state index in [9.17, 15) is 10.2 Å². The van der Waals surface area contributed by atoms with Gasteiger partial charge in [-0.25, -0.2) is 0 Å². The van der Waals surface area contributed by atoms with Crippen molar-refractivity contribution in [1.82, 2.24) is 4.90 Å². The lowest BCUT2D eigenvalue weighted by Crippen LogP contribution is -2.32. The first-order valence-corrected chi connectivity index (χ1v) is 12.2. The Morgan fingerprint density at radius 2 is 1.86 bits per heavy atom. The fourth-order valence-corrected chi connectivity index (χ4v) is 6.27. The molecule has 0 amide bonds. The summed E-state index contributed by atoms with van der Waals surface area (Å²) in [4.78, 5) is 2.52. The maximum absolute atomic E-state index is 10.5. The van der Waals surface area contributed by atoms with Crippen LogP contribution in [0.25, 0.3) is 0 Å². The normalized spacial score (nSPS) is 36.4. The van der Waals surface area contributed by atoms with E-state index in [0.717, 1.165) is 51.9 Å². The van der Waals surface area contributed by atoms with Crippen molar-refractivity contribution in [3.05, 3.63) is 23.8 Å². The molecule has 4 heteroatoms. The Hall–Kier alpha value is -0.680. The highest BCUT2D eigenvalue weighted by Crippen LogP contribution is 2.50. The molecule has 4 nitrogen and oxygen atoms in total. The summed E-state index contributed by atoms with van der Waals surface area (Å²) in [5.41, 5.74) is 1.51. The van der Waals surface area contributed by atoms with Gasteiger partial charge in [-0.1, -0.05) is 43.1 Å². The van der Waals surface area contributed by atoms with Crippen LogP contribution in [0.5, 0.6) is 0 Å². The number of fused-ring (bicyclic) bond motifs is 1. The van der Waals surface area contributed by atoms with E-state index in [1.54, 1.807) is 0 Å². The predicted octanol–water partition coefficient (Wildman–Crippen LogP) is 3.93. The summed E-state index contributed by atoms with van der Waals surface area (Å²) in [6.45, 7) is 5.10. The number of aliphatic hydroxyl groups is 2. The van der Waals surface area contributed by atoms with E-state index in [-0.39, 0.29) is 18.1 Å². The summed E-state index contributed by atoms with van der Waals surface area (Å²) in [6, 6.07) is 0. The molecule has 0 aromatic carbocycles. The molecule has 4 fully saturated rings. The van der Waals surface area contributed by atoms with Gasteiger partial charge in [-0.05, 0) is 75.8 Å². The highest BCUT2D eigenvalue weighted by molar-refractivity contribution is 5.18. The number of likely N-dealkylation sites (tertiary alicyclic amines) is 1. The summed E-state index contributed by atoms with van der Waals surface area (Å²) in [7, 11) is 0. The average molecular weight is 404 g/mol. The van der Waals surface area contributed by atoms with Gasteiger partial charge < -0.3 is 19.8 Å². The quantitative estimate of drug-likeness (QED) is 0.476. The lowest BCUT2D eigenvalue weighted by molar-refractivity contribution is 0.114. The van der Waals surface area contributed by atoms with Crippen molar-refractivity contribution in [3.8, 4) is 0 Å². The second-order valence-corrected chi connectivity index (χ2v) is 9.97. The zero-order valence-corrected chi connectivity index (χ0v) is 18.1. The Labute approximate surface area is 177 Å². The Morgan fingerprint density at radius 3 is 2.66 bits per heavy atom. The molecule has 0 aromatic heterocycles. The van der Waals surface area contributed by atoms with E-state index in [4.69, 9.17) is 4.74 Å². The fourth-order valence-electron chi connectivity index (χ4n) is 6.27. The molecule has 4 aliphatic rings. The van der Waals surface area contributed by atoms with E-state index in [1.165, 1.54) is 50.8 Å². The van der Waals surface area contributed by atoms with E-state index < -0.39 is 0 Å². The van der Waals surface area contributed by atoms with Gasteiger partial charge in [0.05, 0.1) is 25.4 Å². The number of piperidine rings is 1. The van der Waals surface area contributed by atoms with Crippen molar-refractivity contribution in [3.63, 3.8) is 0 Å². The lowest BCUT2D eigenvalue weighted by atomic mass is 9.89. The maximum atomic E-state index is 10.5. The van der Waals surface area contributed by atoms with Gasteiger partial charge in [0.15, 0.2) is 0 Å². The number of ether oxygens (including phenoxy) is 1. The van der Waals surface area contributed by atoms with E-state index in [0.29, 0.717) is 17.8 Å². The zero-order chi connectivity index (χ0) is 20.1. The molecule has 164 valence electrons. The molecule has 4 rings (SSSR count). The summed E-state index contributed by atoms with van der Waals surface area (Å²) < 4.78 is 5.89. The molecule has 0 unspecified atom stereocenters. The van der Waals surface area contributed by atoms with Gasteiger partial charge in [-0.15, -0.1) is 0 Å². The summed E-state index contributed by atoms with van der Waals surface area (Å²) >= 11 is 0. The molecule has 0 aromatic rings. The topological polar surface area (TPSA) is 52.9 Å². The van der Waals surface area contributed by atoms with Gasteiger partial charge in [-0.2, -0.15) is 0 Å². The molecule has 3 aliphatic carbocycles. The van der Waals surface area contributed by atoms with Crippen molar-refractivity contribution in [2.45, 2.75) is 76.4 Å². The van der Waals surface area contributed by atoms with Gasteiger partial charge in [0.2, 0.25) is 0 Å². The number of aliphatic hydroxyl groups excluding tert-OH is 2. The van der Waals surface area contributed by atoms with Crippen LogP contribution in [0.4, 0.5) is 0 Å². The van der Waals surface area contributed by atoms with Crippen LogP contribution in [-0.2, 0) is 4.74 Å². The lowest BCUT2D eigenvalue weighted by Gasteiger charge is -2.25. The molecule has 0 bridgehead atoms. The van der Waals surface area contributed by atoms with Crippen LogP contribution >= 0.6 is 0 Å². The fraction of sp³-hybridized carbons (Fsp3) is 0.840. The van der Waals surface area contributed by atoms with Gasteiger partial charge in [0.1, 0.15) is 0 Å². The molecule has 0 radical (unpaired) electrons. The molecule has 0 spiro atoms. The number of hydrogen-bond donors (Lipinski definition) is 2. The Bertz CT molecular complexity index is 562. The predicted molar refractivity (Wildman–Crippen MR) is 117 cm³/mol. The molecular formula is C25H41NO3. The smallest absolute Gasteiger partial charge is 0.0749 e. The van der Waals surface area contributed by atoms with Crippen molar-refractivity contribution >= 4 is 0 Å². The van der Waals surface area contributed by atoms with Gasteiger partial charge in [0, 0.05) is 12.5 Å². The first-order chi connectivity index (χ1) is 14.2. The monoisotopic (exact) mass is 403 g/mol. The molecule has 1 heterocycles. The zero-order valence-electron chi connectivity index (χ0n) is 18.1. The minimum absolute atomic E-state index is 0.210. The first-order valence-electron chi connectivity index (χ1n) is 12.2. The average Bonchev–Trinajstić information content (AvgIpc) is 3.44. The molecule has 29 heavy (non-hydrogen) atoms. The second kappa shape index (κ2) is 10.6. The Morgan fingerprint density at radius 1 is 1.07 bits per heavy atom. The standard InChI is InChI=1S/C25H41NO3/c27-24(20-6-2-3-7-20)9-8-22-23-17-19(16-21(23)18-25(22)28)10-14-29-15-13-26-11-4-1-5-12-26/h8-10,20-25,27-28H,1-7,11-18H2/b9-8+,19-10+/t21-,22+,23-,24+,25+/m0/s1. The van der Waals surface area contributed by atoms with Crippen molar-refractivity contribution in [1.29, 1.82) is 0 Å². The van der Waals surface area contributed by atoms with E-state index in [2.05, 4.69) is 17.1 Å². The Balaban J connectivity index is 1.20. The number of allylic oxidation sites excluding steroid dienone is 1. The van der Waals surface area contributed by atoms with Gasteiger partial charge in [-0.3, -0.25) is 0 Å². The molecular weight excluding hydrogens is 362 g/mol. The Kier molecular flexibility index (Phi) is 7.85. The van der Waals surface area contributed by atoms with Crippen LogP contribution < -0.4 is 0 Å². The van der Waals surface area contributed by atoms with Crippen molar-refractivity contribution in [2.75, 3.05) is 32.8 Å². The van der Waals surface area contributed by atoms with Crippen molar-refractivity contribution in [2.24, 2.45) is 23.7 Å². The maximum Gasteiger partial charge on any atom is 0.0749 e. The molecule has 3 saturated carbocycles. The second-order valence-electron chi connectivity index (χ2n) is 9.97. The van der Waals surface area contributed by atoms with Crippen LogP contribution in [0.1, 0.15) is 64.2 Å². The number of hydrogen-bond acceptors (Lipinski definition) is 4. The van der Waals surface area contributed by atoms with Crippen LogP contribution in [0.15, 0.2) is 23.8 Å². The van der Waals surface area contributed by atoms with Crippen molar-refractivity contribution < 1.29 is 14.9 Å². The largest absolute Gasteiger partial charge is 0.392 e. The summed E-state index contributed by atoms with van der Waals surface area (Å²) in [6.07, 6.45) is 17.9. The molecule has 1 aliphatic heterocycles. The van der Waals surface area contributed by atoms with Crippen LogP contribution in [-0.4, -0.2) is 60.2 Å². The van der Waals surface area contributed by atoms with Gasteiger partial charge in [0.25, 0.3) is 0 Å². The van der Waals surface area contributed by atoms with Crippen LogP contribution in [0, 0.1) is 23.7 Å². The molecule has 2 N–H and O–H groups in total. The first kappa shape index (κ1) is 21.5. The number of nitrogens with zero attached hydrogens (tertiary/aromatic N) is 1. The third kappa shape index (κ3) is 5.72. The summed E-state index contributed by atoms with van der Waals surface area (Å²) in [5.74, 6) is 1.78. The molecule has 5 atom stereocenters. The number of rotatable bonds is 8. The highest BCUT2D eigenvalue weighted by atomic mass is 16.5. The minimum atomic E-state index is -0.325. The van der Waals surface area contributed by atoms with Crippen LogP contribution in [0.3, 0.4) is 0 Å². The minimum Gasteiger partial charge on any atom is -0.392 e. The van der Waals surface area contributed by atoms with E-state index in [1.807, 2.05) is 6.08 Å². The highest BCUT2D eigenvalue weighted by Gasteiger charge is 2.45. The summed E-state index contributed by atoms with van der Waals surface area (Å²) in [5, 5.41) is 21.0. The van der Waals surface area contributed by atoms with Gasteiger partial charge >= 0.3 is 0 Å².